The van der Waals surface area contributed by atoms with Crippen LogP contribution in [-0.4, -0.2) is 42.6 Å². The fraction of sp³-hybridized carbons (Fsp3) is 0.308. The van der Waals surface area contributed by atoms with Crippen molar-refractivity contribution in [2.45, 2.75) is 13.0 Å². The molecule has 21 heavy (non-hydrogen) atoms. The number of carboxylic acid groups (broad SMARTS) is 1. The molecular weight excluding hydrogens is 280 g/mol. The second-order valence-electron chi connectivity index (χ2n) is 4.15. The lowest BCUT2D eigenvalue weighted by Crippen LogP contribution is -2.38. The third-order valence-electron chi connectivity index (χ3n) is 2.51. The first-order chi connectivity index (χ1) is 9.85. The minimum atomic E-state index is -1.14. The third-order valence-corrected chi connectivity index (χ3v) is 2.51. The van der Waals surface area contributed by atoms with Gasteiger partial charge in [-0.1, -0.05) is 0 Å². The van der Waals surface area contributed by atoms with Crippen LogP contribution in [0.25, 0.3) is 0 Å². The highest BCUT2D eigenvalue weighted by molar-refractivity contribution is 5.97. The minimum absolute atomic E-state index is 0.200. The molecular formula is C13H16N2O6. The number of amides is 2. The normalized spacial score (nSPS) is 11.3. The van der Waals surface area contributed by atoms with E-state index in [0.717, 1.165) is 0 Å². The van der Waals surface area contributed by atoms with E-state index in [1.54, 1.807) is 0 Å². The summed E-state index contributed by atoms with van der Waals surface area (Å²) in [5.41, 5.74) is 5.17. The van der Waals surface area contributed by atoms with Gasteiger partial charge in [0.05, 0.1) is 7.11 Å². The van der Waals surface area contributed by atoms with E-state index in [1.807, 2.05) is 0 Å². The van der Waals surface area contributed by atoms with Crippen molar-refractivity contribution in [2.24, 2.45) is 5.73 Å². The Labute approximate surface area is 120 Å². The molecule has 0 radical (unpaired) electrons. The average Bonchev–Trinajstić information content (AvgIpc) is 2.44. The van der Waals surface area contributed by atoms with Crippen molar-refractivity contribution in [3.05, 3.63) is 23.8 Å². The van der Waals surface area contributed by atoms with Crippen molar-refractivity contribution in [1.29, 1.82) is 0 Å². The van der Waals surface area contributed by atoms with E-state index in [2.05, 4.69) is 5.32 Å². The Kier molecular flexibility index (Phi) is 5.53. The number of primary amides is 1. The van der Waals surface area contributed by atoms with Gasteiger partial charge in [-0.05, 0) is 25.1 Å². The van der Waals surface area contributed by atoms with Crippen LogP contribution in [0.1, 0.15) is 17.3 Å². The molecule has 0 bridgehead atoms. The molecule has 0 heterocycles. The van der Waals surface area contributed by atoms with E-state index in [9.17, 15) is 14.4 Å². The van der Waals surface area contributed by atoms with Crippen LogP contribution in [0.3, 0.4) is 0 Å². The monoisotopic (exact) mass is 296 g/mol. The molecule has 0 aromatic heterocycles. The summed E-state index contributed by atoms with van der Waals surface area (Å²) in [6.07, 6.45) is 0. The zero-order valence-electron chi connectivity index (χ0n) is 11.6. The summed E-state index contributed by atoms with van der Waals surface area (Å²) in [5.74, 6) is -1.87. The molecule has 1 aromatic rings. The summed E-state index contributed by atoms with van der Waals surface area (Å²) in [7, 11) is 1.37. The number of ether oxygens (including phenoxy) is 2. The predicted molar refractivity (Wildman–Crippen MR) is 72.2 cm³/mol. The van der Waals surface area contributed by atoms with E-state index in [0.29, 0.717) is 0 Å². The van der Waals surface area contributed by atoms with Gasteiger partial charge in [0.1, 0.15) is 6.04 Å². The molecule has 8 nitrogen and oxygen atoms in total. The Morgan fingerprint density at radius 3 is 2.52 bits per heavy atom. The number of carbonyl (C=O) groups is 3. The number of methoxy groups -OCH3 is 1. The Bertz CT molecular complexity index is 558. The molecule has 1 rings (SSSR count). The van der Waals surface area contributed by atoms with Crippen LogP contribution in [0.5, 0.6) is 11.5 Å². The predicted octanol–water partition coefficient (Wildman–Crippen LogP) is -0.238. The van der Waals surface area contributed by atoms with Gasteiger partial charge >= 0.3 is 5.97 Å². The molecule has 2 amide bonds. The second-order valence-corrected chi connectivity index (χ2v) is 4.15. The molecule has 0 aliphatic heterocycles. The van der Waals surface area contributed by atoms with E-state index < -0.39 is 23.8 Å². The van der Waals surface area contributed by atoms with Crippen molar-refractivity contribution in [1.82, 2.24) is 5.32 Å². The summed E-state index contributed by atoms with van der Waals surface area (Å²) < 4.78 is 10.2. The van der Waals surface area contributed by atoms with Crippen LogP contribution in [-0.2, 0) is 9.59 Å². The molecule has 0 fully saturated rings. The highest BCUT2D eigenvalue weighted by Gasteiger charge is 2.17. The quantitative estimate of drug-likeness (QED) is 0.637. The highest BCUT2D eigenvalue weighted by Crippen LogP contribution is 2.28. The van der Waals surface area contributed by atoms with Crippen LogP contribution < -0.4 is 20.5 Å². The second kappa shape index (κ2) is 7.13. The Hall–Kier alpha value is -2.77. The van der Waals surface area contributed by atoms with E-state index >= 15 is 0 Å². The largest absolute Gasteiger partial charge is 0.493 e. The first-order valence-corrected chi connectivity index (χ1v) is 5.98. The number of benzene rings is 1. The van der Waals surface area contributed by atoms with Gasteiger partial charge in [-0.3, -0.25) is 14.4 Å². The van der Waals surface area contributed by atoms with Gasteiger partial charge in [0.15, 0.2) is 18.1 Å². The molecule has 1 atom stereocenters. The summed E-state index contributed by atoms with van der Waals surface area (Å²) in [5, 5.41) is 11.0. The number of nitrogens with two attached hydrogens (primary N) is 1. The molecule has 1 aromatic carbocycles. The standard InChI is InChI=1S/C13H16N2O6/c1-7(13(18)19)15-12(17)8-3-4-9(10(5-8)20-2)21-6-11(14)16/h3-5,7H,6H2,1-2H3,(H2,14,16)(H,15,17)(H,18,19)/t7-/m0/s1. The molecule has 114 valence electrons. The van der Waals surface area contributed by atoms with Gasteiger partial charge in [0.2, 0.25) is 0 Å². The Morgan fingerprint density at radius 1 is 1.33 bits per heavy atom. The molecule has 0 aliphatic rings. The van der Waals surface area contributed by atoms with E-state index in [-0.39, 0.29) is 23.7 Å². The van der Waals surface area contributed by atoms with E-state index in [4.69, 9.17) is 20.3 Å². The zero-order valence-corrected chi connectivity index (χ0v) is 11.6. The number of rotatable bonds is 7. The summed E-state index contributed by atoms with van der Waals surface area (Å²) in [4.78, 5) is 33.2. The molecule has 4 N–H and O–H groups in total. The zero-order chi connectivity index (χ0) is 16.0. The molecule has 8 heteroatoms. The van der Waals surface area contributed by atoms with Crippen molar-refractivity contribution in [3.63, 3.8) is 0 Å². The van der Waals surface area contributed by atoms with Gasteiger partial charge in [-0.15, -0.1) is 0 Å². The van der Waals surface area contributed by atoms with Crippen molar-refractivity contribution >= 4 is 17.8 Å². The fourth-order valence-electron chi connectivity index (χ4n) is 1.42. The van der Waals surface area contributed by atoms with Gasteiger partial charge in [0.25, 0.3) is 11.8 Å². The van der Waals surface area contributed by atoms with Crippen LogP contribution in [0.2, 0.25) is 0 Å². The van der Waals surface area contributed by atoms with Crippen molar-refractivity contribution in [2.75, 3.05) is 13.7 Å². The number of carboxylic acids is 1. The van der Waals surface area contributed by atoms with Gasteiger partial charge in [-0.2, -0.15) is 0 Å². The topological polar surface area (TPSA) is 128 Å². The number of hydrogen-bond donors (Lipinski definition) is 3. The van der Waals surface area contributed by atoms with Gasteiger partial charge < -0.3 is 25.6 Å². The molecule has 0 unspecified atom stereocenters. The smallest absolute Gasteiger partial charge is 0.325 e. The molecule has 0 spiro atoms. The highest BCUT2D eigenvalue weighted by atomic mass is 16.5. The maximum Gasteiger partial charge on any atom is 0.325 e. The molecule has 0 aliphatic carbocycles. The first kappa shape index (κ1) is 16.3. The molecule has 0 saturated carbocycles. The molecule has 0 saturated heterocycles. The lowest BCUT2D eigenvalue weighted by atomic mass is 10.1. The maximum atomic E-state index is 11.9. The summed E-state index contributed by atoms with van der Waals surface area (Å²) in [6, 6.07) is 3.21. The Balaban J connectivity index is 2.88. The van der Waals surface area contributed by atoms with Gasteiger partial charge in [-0.25, -0.2) is 0 Å². The fourth-order valence-corrected chi connectivity index (χ4v) is 1.42. The lowest BCUT2D eigenvalue weighted by molar-refractivity contribution is -0.138. The Morgan fingerprint density at radius 2 is 2.00 bits per heavy atom. The third kappa shape index (κ3) is 4.68. The van der Waals surface area contributed by atoms with E-state index in [1.165, 1.54) is 32.2 Å². The van der Waals surface area contributed by atoms with Crippen LogP contribution in [0.4, 0.5) is 0 Å². The SMILES string of the molecule is COc1cc(C(=O)N[C@@H](C)C(=O)O)ccc1OCC(N)=O. The number of hydrogen-bond acceptors (Lipinski definition) is 5. The van der Waals surface area contributed by atoms with Crippen molar-refractivity contribution < 1.29 is 29.0 Å². The maximum absolute atomic E-state index is 11.9. The number of aliphatic carboxylic acids is 1. The minimum Gasteiger partial charge on any atom is -0.493 e. The van der Waals surface area contributed by atoms with Crippen molar-refractivity contribution in [3.8, 4) is 11.5 Å². The van der Waals surface area contributed by atoms with Crippen LogP contribution in [0, 0.1) is 0 Å². The summed E-state index contributed by atoms with van der Waals surface area (Å²) >= 11 is 0. The summed E-state index contributed by atoms with van der Waals surface area (Å²) in [6.45, 7) is 1.03. The first-order valence-electron chi connectivity index (χ1n) is 5.98. The number of carbonyl (C=O) groups excluding carboxylic acids is 2. The van der Waals surface area contributed by atoms with Crippen LogP contribution >= 0.6 is 0 Å². The van der Waals surface area contributed by atoms with Crippen LogP contribution in [0.15, 0.2) is 18.2 Å². The lowest BCUT2D eigenvalue weighted by Gasteiger charge is -2.12. The number of nitrogens with one attached hydrogen (secondary N) is 1. The average molecular weight is 296 g/mol. The van der Waals surface area contributed by atoms with Gasteiger partial charge in [0, 0.05) is 5.56 Å².